The first kappa shape index (κ1) is 13.8. The van der Waals surface area contributed by atoms with Crippen LogP contribution in [0, 0.1) is 5.41 Å². The SMILES string of the molecule is CCN(CCC(=N)N)C(=O)NC1CCCCC1. The molecule has 0 radical (unpaired) electrons. The van der Waals surface area contributed by atoms with E-state index in [1.54, 1.807) is 4.90 Å². The van der Waals surface area contributed by atoms with Crippen LogP contribution >= 0.6 is 0 Å². The van der Waals surface area contributed by atoms with Crippen LogP contribution in [0.1, 0.15) is 45.4 Å². The minimum atomic E-state index is -0.0133. The number of hydrogen-bond acceptors (Lipinski definition) is 2. The summed E-state index contributed by atoms with van der Waals surface area (Å²) in [5, 5.41) is 10.2. The van der Waals surface area contributed by atoms with Gasteiger partial charge in [0.05, 0.1) is 5.84 Å². The number of hydrogen-bond donors (Lipinski definition) is 3. The van der Waals surface area contributed by atoms with Crippen molar-refractivity contribution in [3.63, 3.8) is 0 Å². The van der Waals surface area contributed by atoms with Gasteiger partial charge in [0.15, 0.2) is 0 Å². The van der Waals surface area contributed by atoms with Crippen molar-refractivity contribution in [3.05, 3.63) is 0 Å². The molecule has 98 valence electrons. The lowest BCUT2D eigenvalue weighted by Gasteiger charge is -2.27. The first-order valence-corrected chi connectivity index (χ1v) is 6.51. The van der Waals surface area contributed by atoms with Crippen LogP contribution in [-0.2, 0) is 0 Å². The molecule has 1 fully saturated rings. The van der Waals surface area contributed by atoms with Gasteiger partial charge in [-0.25, -0.2) is 4.79 Å². The standard InChI is InChI=1S/C12H24N4O/c1-2-16(9-8-11(13)14)12(17)15-10-6-4-3-5-7-10/h10H,2-9H2,1H3,(H3,13,14)(H,15,17). The molecule has 17 heavy (non-hydrogen) atoms. The molecule has 0 spiro atoms. The molecular formula is C12H24N4O. The Bertz CT molecular complexity index is 261. The third kappa shape index (κ3) is 5.06. The summed E-state index contributed by atoms with van der Waals surface area (Å²) < 4.78 is 0. The first-order valence-electron chi connectivity index (χ1n) is 6.51. The fourth-order valence-corrected chi connectivity index (χ4v) is 2.17. The Hall–Kier alpha value is -1.26. The molecule has 0 saturated heterocycles. The van der Waals surface area contributed by atoms with Crippen LogP contribution in [0.2, 0.25) is 0 Å². The summed E-state index contributed by atoms with van der Waals surface area (Å²) in [6.45, 7) is 3.14. The van der Waals surface area contributed by atoms with Crippen LogP contribution in [0.15, 0.2) is 0 Å². The molecule has 1 aliphatic rings. The molecule has 0 heterocycles. The zero-order chi connectivity index (χ0) is 12.7. The Morgan fingerprint density at radius 2 is 2.06 bits per heavy atom. The van der Waals surface area contributed by atoms with Gasteiger partial charge in [0, 0.05) is 25.6 Å². The average Bonchev–Trinajstić information content (AvgIpc) is 2.30. The number of carbonyl (C=O) groups excluding carboxylic acids is 1. The Kier molecular flexibility index (Phi) is 5.80. The highest BCUT2D eigenvalue weighted by Crippen LogP contribution is 2.17. The molecular weight excluding hydrogens is 216 g/mol. The average molecular weight is 240 g/mol. The van der Waals surface area contributed by atoms with E-state index in [4.69, 9.17) is 11.1 Å². The molecule has 0 aromatic carbocycles. The van der Waals surface area contributed by atoms with Gasteiger partial charge in [0.2, 0.25) is 0 Å². The molecule has 0 aromatic rings. The predicted molar refractivity (Wildman–Crippen MR) is 69.2 cm³/mol. The molecule has 5 heteroatoms. The van der Waals surface area contributed by atoms with Crippen molar-refractivity contribution in [2.75, 3.05) is 13.1 Å². The van der Waals surface area contributed by atoms with Gasteiger partial charge >= 0.3 is 6.03 Å². The van der Waals surface area contributed by atoms with Gasteiger partial charge in [-0.2, -0.15) is 0 Å². The molecule has 0 atom stereocenters. The van der Waals surface area contributed by atoms with Crippen LogP contribution in [0.25, 0.3) is 0 Å². The van der Waals surface area contributed by atoms with Crippen molar-refractivity contribution < 1.29 is 4.79 Å². The molecule has 4 N–H and O–H groups in total. The Morgan fingerprint density at radius 1 is 1.41 bits per heavy atom. The van der Waals surface area contributed by atoms with Crippen molar-refractivity contribution in [2.45, 2.75) is 51.5 Å². The molecule has 2 amide bonds. The second kappa shape index (κ2) is 7.14. The zero-order valence-corrected chi connectivity index (χ0v) is 10.7. The van der Waals surface area contributed by atoms with Crippen LogP contribution < -0.4 is 11.1 Å². The molecule has 0 unspecified atom stereocenters. The van der Waals surface area contributed by atoms with E-state index < -0.39 is 0 Å². The maximum atomic E-state index is 12.0. The van der Waals surface area contributed by atoms with Crippen molar-refractivity contribution in [1.82, 2.24) is 10.2 Å². The largest absolute Gasteiger partial charge is 0.388 e. The normalized spacial score (nSPS) is 16.5. The lowest BCUT2D eigenvalue weighted by molar-refractivity contribution is 0.194. The number of nitrogens with zero attached hydrogens (tertiary/aromatic N) is 1. The lowest BCUT2D eigenvalue weighted by atomic mass is 9.96. The molecule has 1 rings (SSSR count). The first-order chi connectivity index (χ1) is 8.13. The number of amidine groups is 1. The summed E-state index contributed by atoms with van der Waals surface area (Å²) in [6, 6.07) is 0.322. The number of carbonyl (C=O) groups is 1. The molecule has 0 aromatic heterocycles. The zero-order valence-electron chi connectivity index (χ0n) is 10.7. The number of nitrogens with two attached hydrogens (primary N) is 1. The molecule has 0 bridgehead atoms. The third-order valence-corrected chi connectivity index (χ3v) is 3.25. The summed E-state index contributed by atoms with van der Waals surface area (Å²) in [5.41, 5.74) is 5.30. The highest BCUT2D eigenvalue weighted by atomic mass is 16.2. The maximum Gasteiger partial charge on any atom is 0.317 e. The van der Waals surface area contributed by atoms with Crippen molar-refractivity contribution in [1.29, 1.82) is 5.41 Å². The van der Waals surface area contributed by atoms with E-state index in [0.717, 1.165) is 12.8 Å². The van der Waals surface area contributed by atoms with Gasteiger partial charge in [0.25, 0.3) is 0 Å². The number of amides is 2. The second-order valence-corrected chi connectivity index (χ2v) is 4.64. The summed E-state index contributed by atoms with van der Waals surface area (Å²) >= 11 is 0. The Labute approximate surface area is 103 Å². The van der Waals surface area contributed by atoms with E-state index in [1.807, 2.05) is 6.92 Å². The molecule has 5 nitrogen and oxygen atoms in total. The van der Waals surface area contributed by atoms with Crippen LogP contribution in [0.3, 0.4) is 0 Å². The van der Waals surface area contributed by atoms with E-state index in [9.17, 15) is 4.79 Å². The number of rotatable bonds is 5. The minimum absolute atomic E-state index is 0.0133. The second-order valence-electron chi connectivity index (χ2n) is 4.64. The van der Waals surface area contributed by atoms with Crippen LogP contribution in [0.4, 0.5) is 4.79 Å². The van der Waals surface area contributed by atoms with E-state index in [1.165, 1.54) is 19.3 Å². The number of nitrogens with one attached hydrogen (secondary N) is 2. The fourth-order valence-electron chi connectivity index (χ4n) is 2.17. The topological polar surface area (TPSA) is 82.2 Å². The summed E-state index contributed by atoms with van der Waals surface area (Å²) in [6.07, 6.45) is 6.35. The lowest BCUT2D eigenvalue weighted by Crippen LogP contribution is -2.46. The quantitative estimate of drug-likeness (QED) is 0.504. The van der Waals surface area contributed by atoms with Gasteiger partial charge in [-0.1, -0.05) is 19.3 Å². The molecule has 1 aliphatic carbocycles. The summed E-state index contributed by atoms with van der Waals surface area (Å²) in [7, 11) is 0. The van der Waals surface area contributed by atoms with E-state index in [0.29, 0.717) is 25.6 Å². The van der Waals surface area contributed by atoms with Gasteiger partial charge in [-0.15, -0.1) is 0 Å². The van der Waals surface area contributed by atoms with E-state index in [-0.39, 0.29) is 11.9 Å². The fraction of sp³-hybridized carbons (Fsp3) is 0.833. The highest BCUT2D eigenvalue weighted by molar-refractivity contribution is 5.79. The van der Waals surface area contributed by atoms with Crippen molar-refractivity contribution in [2.24, 2.45) is 5.73 Å². The smallest absolute Gasteiger partial charge is 0.317 e. The Balaban J connectivity index is 2.34. The predicted octanol–water partition coefficient (Wildman–Crippen LogP) is 1.68. The minimum Gasteiger partial charge on any atom is -0.388 e. The highest BCUT2D eigenvalue weighted by Gasteiger charge is 2.18. The van der Waals surface area contributed by atoms with Crippen molar-refractivity contribution in [3.8, 4) is 0 Å². The van der Waals surface area contributed by atoms with Gasteiger partial charge in [-0.05, 0) is 19.8 Å². The van der Waals surface area contributed by atoms with Gasteiger partial charge < -0.3 is 16.0 Å². The van der Waals surface area contributed by atoms with Crippen LogP contribution in [0.5, 0.6) is 0 Å². The number of urea groups is 1. The molecule has 1 saturated carbocycles. The van der Waals surface area contributed by atoms with Gasteiger partial charge in [0.1, 0.15) is 0 Å². The maximum absolute atomic E-state index is 12.0. The van der Waals surface area contributed by atoms with Crippen LogP contribution in [-0.4, -0.2) is 35.9 Å². The van der Waals surface area contributed by atoms with Gasteiger partial charge in [-0.3, -0.25) is 5.41 Å². The van der Waals surface area contributed by atoms with E-state index in [2.05, 4.69) is 5.32 Å². The van der Waals surface area contributed by atoms with E-state index >= 15 is 0 Å². The van der Waals surface area contributed by atoms with Crippen molar-refractivity contribution >= 4 is 11.9 Å². The molecule has 0 aliphatic heterocycles. The summed E-state index contributed by atoms with van der Waals surface area (Å²) in [4.78, 5) is 13.7. The Morgan fingerprint density at radius 3 is 2.59 bits per heavy atom. The monoisotopic (exact) mass is 240 g/mol. The third-order valence-electron chi connectivity index (χ3n) is 3.25. The summed E-state index contributed by atoms with van der Waals surface area (Å²) in [5.74, 6) is 0.133.